The van der Waals surface area contributed by atoms with E-state index in [4.69, 9.17) is 10.00 Å². The van der Waals surface area contributed by atoms with Gasteiger partial charge in [-0.15, -0.1) is 0 Å². The van der Waals surface area contributed by atoms with Gasteiger partial charge in [-0.2, -0.15) is 10.4 Å². The molecule has 0 saturated heterocycles. The highest BCUT2D eigenvalue weighted by Gasteiger charge is 2.11. The minimum Gasteiger partial charge on any atom is -0.489 e. The number of carbonyl (C=O) groups excluding carboxylic acids is 1. The van der Waals surface area contributed by atoms with E-state index in [0.29, 0.717) is 12.4 Å². The Hall–Kier alpha value is -3.73. The zero-order valence-electron chi connectivity index (χ0n) is 14.7. The largest absolute Gasteiger partial charge is 0.489 e. The third-order valence-corrected chi connectivity index (χ3v) is 3.66. The number of rotatable bonds is 9. The molecule has 0 fully saturated rings. The number of Topliss-reactive ketones (excluding diaryl/α,β-unsaturated/α-hetero) is 1. The molecule has 1 unspecified atom stereocenters. The van der Waals surface area contributed by atoms with E-state index in [1.807, 2.05) is 6.07 Å². The Labute approximate surface area is 156 Å². The van der Waals surface area contributed by atoms with Crippen molar-refractivity contribution in [2.45, 2.75) is 26.0 Å². The van der Waals surface area contributed by atoms with E-state index in [2.05, 4.69) is 10.5 Å². The van der Waals surface area contributed by atoms with Crippen molar-refractivity contribution in [2.24, 2.45) is 5.10 Å². The van der Waals surface area contributed by atoms with Crippen LogP contribution in [0, 0.1) is 21.4 Å². The van der Waals surface area contributed by atoms with Crippen LogP contribution in [0.3, 0.4) is 0 Å². The van der Waals surface area contributed by atoms with Crippen molar-refractivity contribution in [3.63, 3.8) is 0 Å². The second-order valence-electron chi connectivity index (χ2n) is 5.69. The van der Waals surface area contributed by atoms with Crippen molar-refractivity contribution in [3.8, 4) is 11.8 Å². The fourth-order valence-corrected chi connectivity index (χ4v) is 2.10. The number of non-ortho nitro benzene ring substituents is 1. The van der Waals surface area contributed by atoms with Gasteiger partial charge in [-0.3, -0.25) is 20.3 Å². The van der Waals surface area contributed by atoms with Crippen molar-refractivity contribution < 1.29 is 14.5 Å². The van der Waals surface area contributed by atoms with Gasteiger partial charge in [0, 0.05) is 12.1 Å². The van der Waals surface area contributed by atoms with Crippen LogP contribution in [0.15, 0.2) is 53.6 Å². The van der Waals surface area contributed by atoms with Crippen molar-refractivity contribution >= 4 is 17.7 Å². The Morgan fingerprint density at radius 1 is 1.30 bits per heavy atom. The zero-order chi connectivity index (χ0) is 19.6. The summed E-state index contributed by atoms with van der Waals surface area (Å²) in [6.07, 6.45) is 1.61. The highest BCUT2D eigenvalue weighted by Crippen LogP contribution is 2.16. The molecular formula is C19H18N4O4. The molecule has 0 aliphatic heterocycles. The van der Waals surface area contributed by atoms with Crippen LogP contribution in [0.4, 0.5) is 5.69 Å². The Balaban J connectivity index is 1.87. The number of nitrogens with one attached hydrogen (secondary N) is 1. The standard InChI is InChI=1S/C19H18N4O4/c1-14(24)19(10-11-20)22-21-12-15-4-8-18(9-5-15)27-13-16-2-6-17(7-3-16)23(25)26/h2-9,12,19,22H,10,13H2,1H3. The second-order valence-corrected chi connectivity index (χ2v) is 5.69. The van der Waals surface area contributed by atoms with E-state index in [1.165, 1.54) is 19.1 Å². The van der Waals surface area contributed by atoms with Crippen LogP contribution in [-0.4, -0.2) is 23.0 Å². The van der Waals surface area contributed by atoms with E-state index < -0.39 is 11.0 Å². The lowest BCUT2D eigenvalue weighted by Gasteiger charge is -2.08. The lowest BCUT2D eigenvalue weighted by Crippen LogP contribution is -2.31. The van der Waals surface area contributed by atoms with Crippen LogP contribution < -0.4 is 10.2 Å². The fraction of sp³-hybridized carbons (Fsp3) is 0.211. The number of nitriles is 1. The Morgan fingerprint density at radius 3 is 2.52 bits per heavy atom. The molecule has 1 atom stereocenters. The van der Waals surface area contributed by atoms with Gasteiger partial charge in [0.05, 0.1) is 23.6 Å². The average molecular weight is 366 g/mol. The first kappa shape index (κ1) is 19.6. The monoisotopic (exact) mass is 366 g/mol. The lowest BCUT2D eigenvalue weighted by molar-refractivity contribution is -0.384. The number of carbonyl (C=O) groups is 1. The molecule has 8 nitrogen and oxygen atoms in total. The van der Waals surface area contributed by atoms with Crippen LogP contribution in [-0.2, 0) is 11.4 Å². The maximum Gasteiger partial charge on any atom is 0.269 e. The number of nitrogens with zero attached hydrogens (tertiary/aromatic N) is 3. The summed E-state index contributed by atoms with van der Waals surface area (Å²) in [7, 11) is 0. The molecule has 0 spiro atoms. The Morgan fingerprint density at radius 2 is 1.96 bits per heavy atom. The summed E-state index contributed by atoms with van der Waals surface area (Å²) in [6, 6.07) is 14.6. The van der Waals surface area contributed by atoms with Crippen LogP contribution in [0.2, 0.25) is 0 Å². The second kappa shape index (κ2) is 9.68. The SMILES string of the molecule is CC(=O)C(CC#N)NN=Cc1ccc(OCc2ccc([N+](=O)[O-])cc2)cc1. The van der Waals surface area contributed by atoms with Crippen molar-refractivity contribution in [2.75, 3.05) is 0 Å². The molecule has 2 rings (SSSR count). The van der Waals surface area contributed by atoms with Crippen molar-refractivity contribution in [1.82, 2.24) is 5.43 Å². The number of nitro benzene ring substituents is 1. The molecule has 0 aromatic heterocycles. The maximum absolute atomic E-state index is 11.3. The number of hydrazone groups is 1. The molecule has 2 aromatic rings. The van der Waals surface area contributed by atoms with E-state index in [0.717, 1.165) is 11.1 Å². The van der Waals surface area contributed by atoms with E-state index in [1.54, 1.807) is 42.6 Å². The van der Waals surface area contributed by atoms with Crippen molar-refractivity contribution in [1.29, 1.82) is 5.26 Å². The number of nitro groups is 1. The number of hydrogen-bond donors (Lipinski definition) is 1. The van der Waals surface area contributed by atoms with Gasteiger partial charge in [-0.05, 0) is 54.4 Å². The third kappa shape index (κ3) is 6.25. The van der Waals surface area contributed by atoms with Gasteiger partial charge in [-0.1, -0.05) is 0 Å². The minimum atomic E-state index is -0.615. The van der Waals surface area contributed by atoms with Crippen LogP contribution in [0.1, 0.15) is 24.5 Å². The molecule has 0 aliphatic rings. The van der Waals surface area contributed by atoms with Gasteiger partial charge >= 0.3 is 0 Å². The van der Waals surface area contributed by atoms with Gasteiger partial charge in [0.2, 0.25) is 0 Å². The fourth-order valence-electron chi connectivity index (χ4n) is 2.10. The van der Waals surface area contributed by atoms with Gasteiger partial charge in [0.15, 0.2) is 5.78 Å². The van der Waals surface area contributed by atoms with Crippen molar-refractivity contribution in [3.05, 3.63) is 69.8 Å². The summed E-state index contributed by atoms with van der Waals surface area (Å²) < 4.78 is 5.64. The molecular weight excluding hydrogens is 348 g/mol. The van der Waals surface area contributed by atoms with E-state index >= 15 is 0 Å². The topological polar surface area (TPSA) is 118 Å². The average Bonchev–Trinajstić information content (AvgIpc) is 2.67. The molecule has 0 radical (unpaired) electrons. The Kier molecular flexibility index (Phi) is 7.02. The van der Waals surface area contributed by atoms with Crippen LogP contribution in [0.5, 0.6) is 5.75 Å². The number of ketones is 1. The smallest absolute Gasteiger partial charge is 0.269 e. The third-order valence-electron chi connectivity index (χ3n) is 3.66. The molecule has 1 N–H and O–H groups in total. The van der Waals surface area contributed by atoms with Gasteiger partial charge in [0.1, 0.15) is 18.4 Å². The first-order chi connectivity index (χ1) is 13.0. The van der Waals surface area contributed by atoms with Gasteiger partial charge < -0.3 is 4.74 Å². The zero-order valence-corrected chi connectivity index (χ0v) is 14.7. The maximum atomic E-state index is 11.3. The predicted molar refractivity (Wildman–Crippen MR) is 99.3 cm³/mol. The van der Waals surface area contributed by atoms with E-state index in [9.17, 15) is 14.9 Å². The molecule has 0 saturated carbocycles. The number of hydrogen-bond acceptors (Lipinski definition) is 7. The lowest BCUT2D eigenvalue weighted by atomic mass is 10.2. The summed E-state index contributed by atoms with van der Waals surface area (Å²) in [6.45, 7) is 1.70. The van der Waals surface area contributed by atoms with E-state index in [-0.39, 0.29) is 17.9 Å². The molecule has 0 amide bonds. The molecule has 0 aliphatic carbocycles. The summed E-state index contributed by atoms with van der Waals surface area (Å²) >= 11 is 0. The van der Waals surface area contributed by atoms with Gasteiger partial charge in [0.25, 0.3) is 5.69 Å². The summed E-state index contributed by atoms with van der Waals surface area (Å²) in [4.78, 5) is 21.5. The molecule has 0 heterocycles. The minimum absolute atomic E-state index is 0.0396. The molecule has 0 bridgehead atoms. The summed E-state index contributed by atoms with van der Waals surface area (Å²) in [5, 5.41) is 23.3. The number of ether oxygens (including phenoxy) is 1. The summed E-state index contributed by atoms with van der Waals surface area (Å²) in [5.74, 6) is 0.494. The summed E-state index contributed by atoms with van der Waals surface area (Å²) in [5.41, 5.74) is 4.32. The molecule has 8 heteroatoms. The first-order valence-corrected chi connectivity index (χ1v) is 8.12. The normalized spacial score (nSPS) is 11.6. The van der Waals surface area contributed by atoms with Gasteiger partial charge in [-0.25, -0.2) is 0 Å². The Bertz CT molecular complexity index is 855. The molecule has 2 aromatic carbocycles. The molecule has 27 heavy (non-hydrogen) atoms. The highest BCUT2D eigenvalue weighted by molar-refractivity contribution is 5.82. The van der Waals surface area contributed by atoms with Crippen LogP contribution in [0.25, 0.3) is 0 Å². The quantitative estimate of drug-likeness (QED) is 0.414. The first-order valence-electron chi connectivity index (χ1n) is 8.12. The molecule has 138 valence electrons. The van der Waals surface area contributed by atoms with Crippen LogP contribution >= 0.6 is 0 Å². The number of benzene rings is 2. The highest BCUT2D eigenvalue weighted by atomic mass is 16.6. The predicted octanol–water partition coefficient (Wildman–Crippen LogP) is 2.97.